The normalized spacial score (nSPS) is 11.6. The van der Waals surface area contributed by atoms with Crippen LogP contribution in [0.4, 0.5) is 0 Å². The van der Waals surface area contributed by atoms with Crippen molar-refractivity contribution in [1.29, 1.82) is 0 Å². The van der Waals surface area contributed by atoms with Crippen molar-refractivity contribution >= 4 is 23.0 Å². The largest absolute Gasteiger partial charge is 0.493 e. The molecule has 19 heavy (non-hydrogen) atoms. The average Bonchev–Trinajstić information content (AvgIpc) is 2.35. The smallest absolute Gasteiger partial charge is 0.327 e. The Labute approximate surface area is 106 Å². The minimum absolute atomic E-state index is 0.0210. The number of methoxy groups -OCH3 is 1. The van der Waals surface area contributed by atoms with E-state index < -0.39 is 11.2 Å². The fourth-order valence-electron chi connectivity index (χ4n) is 1.46. The zero-order valence-electron chi connectivity index (χ0n) is 10.2. The lowest BCUT2D eigenvalue weighted by molar-refractivity contribution is -0.116. The lowest BCUT2D eigenvalue weighted by Crippen LogP contribution is -2.23. The maximum Gasteiger partial charge on any atom is 0.327 e. The number of rotatable bonds is 3. The predicted molar refractivity (Wildman–Crippen MR) is 66.4 cm³/mol. The van der Waals surface area contributed by atoms with Crippen LogP contribution in [-0.4, -0.2) is 32.8 Å². The number of ether oxygens (including phenoxy) is 1. The highest BCUT2D eigenvalue weighted by molar-refractivity contribution is 5.95. The molecular formula is C11H10N4O4. The van der Waals surface area contributed by atoms with Crippen LogP contribution in [0.3, 0.4) is 0 Å². The van der Waals surface area contributed by atoms with Crippen molar-refractivity contribution in [1.82, 2.24) is 19.9 Å². The first-order chi connectivity index (χ1) is 9.01. The van der Waals surface area contributed by atoms with E-state index in [1.807, 2.05) is 4.98 Å². The van der Waals surface area contributed by atoms with Gasteiger partial charge in [0.15, 0.2) is 22.7 Å². The summed E-state index contributed by atoms with van der Waals surface area (Å²) in [6.07, 6.45) is 2.68. The van der Waals surface area contributed by atoms with Crippen LogP contribution in [0.15, 0.2) is 21.5 Å². The van der Waals surface area contributed by atoms with Gasteiger partial charge >= 0.3 is 5.69 Å². The van der Waals surface area contributed by atoms with Crippen LogP contribution in [0.25, 0.3) is 17.2 Å². The van der Waals surface area contributed by atoms with Gasteiger partial charge in [-0.25, -0.2) is 14.8 Å². The first kappa shape index (κ1) is 12.7. The topological polar surface area (TPSA) is 118 Å². The predicted octanol–water partition coefficient (Wildman–Crippen LogP) is -0.417. The van der Waals surface area contributed by atoms with E-state index in [2.05, 4.69) is 15.0 Å². The summed E-state index contributed by atoms with van der Waals surface area (Å²) in [7, 11) is 1.35. The van der Waals surface area contributed by atoms with Gasteiger partial charge in [0.2, 0.25) is 0 Å². The molecule has 8 heteroatoms. The molecule has 8 nitrogen and oxygen atoms in total. The van der Waals surface area contributed by atoms with Crippen molar-refractivity contribution < 1.29 is 9.53 Å². The Kier molecular flexibility index (Phi) is 3.23. The van der Waals surface area contributed by atoms with E-state index in [1.165, 1.54) is 26.3 Å². The van der Waals surface area contributed by atoms with E-state index in [4.69, 9.17) is 4.74 Å². The molecule has 0 aliphatic heterocycles. The Morgan fingerprint density at radius 2 is 2.11 bits per heavy atom. The number of carbonyl (C=O) groups is 1. The SMILES string of the molecule is CO/C(=C\c1cnc2[nH]c(=O)[nH]c(=O)c2n1)C(C)=O. The third-order valence-electron chi connectivity index (χ3n) is 2.31. The lowest BCUT2D eigenvalue weighted by atomic mass is 10.3. The quantitative estimate of drug-likeness (QED) is 0.573. The van der Waals surface area contributed by atoms with Crippen LogP contribution < -0.4 is 11.2 Å². The Hall–Kier alpha value is -2.77. The Balaban J connectivity index is 2.63. The van der Waals surface area contributed by atoms with E-state index in [9.17, 15) is 14.4 Å². The second-order valence-electron chi connectivity index (χ2n) is 3.67. The zero-order valence-corrected chi connectivity index (χ0v) is 10.2. The van der Waals surface area contributed by atoms with Gasteiger partial charge < -0.3 is 4.74 Å². The zero-order chi connectivity index (χ0) is 14.0. The minimum Gasteiger partial charge on any atom is -0.493 e. The highest BCUT2D eigenvalue weighted by Gasteiger charge is 2.07. The maximum absolute atomic E-state index is 11.5. The fraction of sp³-hybridized carbons (Fsp3) is 0.182. The van der Waals surface area contributed by atoms with E-state index in [-0.39, 0.29) is 28.4 Å². The molecule has 2 aromatic heterocycles. The molecule has 0 unspecified atom stereocenters. The van der Waals surface area contributed by atoms with Crippen molar-refractivity contribution in [2.24, 2.45) is 0 Å². The van der Waals surface area contributed by atoms with Gasteiger partial charge in [-0.2, -0.15) is 0 Å². The Morgan fingerprint density at radius 3 is 2.74 bits per heavy atom. The monoisotopic (exact) mass is 262 g/mol. The molecule has 0 bridgehead atoms. The van der Waals surface area contributed by atoms with Gasteiger partial charge in [-0.3, -0.25) is 19.6 Å². The number of aromatic nitrogens is 4. The summed E-state index contributed by atoms with van der Waals surface area (Å²) >= 11 is 0. The molecular weight excluding hydrogens is 252 g/mol. The molecule has 0 spiro atoms. The molecule has 0 saturated carbocycles. The van der Waals surface area contributed by atoms with Crippen molar-refractivity contribution in [3.05, 3.63) is 38.5 Å². The molecule has 0 aromatic carbocycles. The molecule has 2 heterocycles. The number of aromatic amines is 2. The van der Waals surface area contributed by atoms with Gasteiger partial charge in [-0.15, -0.1) is 0 Å². The van der Waals surface area contributed by atoms with Crippen LogP contribution in [0, 0.1) is 0 Å². The third-order valence-corrected chi connectivity index (χ3v) is 2.31. The first-order valence-corrected chi connectivity index (χ1v) is 5.27. The maximum atomic E-state index is 11.5. The Bertz CT molecular complexity index is 787. The molecule has 0 aliphatic carbocycles. The van der Waals surface area contributed by atoms with Crippen LogP contribution in [0.5, 0.6) is 0 Å². The summed E-state index contributed by atoms with van der Waals surface area (Å²) in [6.45, 7) is 1.34. The summed E-state index contributed by atoms with van der Waals surface area (Å²) in [5, 5.41) is 0. The second-order valence-corrected chi connectivity index (χ2v) is 3.67. The van der Waals surface area contributed by atoms with Crippen molar-refractivity contribution in [2.75, 3.05) is 7.11 Å². The van der Waals surface area contributed by atoms with Crippen molar-refractivity contribution in [2.45, 2.75) is 6.92 Å². The van der Waals surface area contributed by atoms with Crippen molar-refractivity contribution in [3.63, 3.8) is 0 Å². The number of fused-ring (bicyclic) bond motifs is 1. The molecule has 0 atom stereocenters. The molecule has 0 amide bonds. The average molecular weight is 262 g/mol. The number of hydrogen-bond acceptors (Lipinski definition) is 6. The number of allylic oxidation sites excluding steroid dienone is 1. The first-order valence-electron chi connectivity index (χ1n) is 5.27. The summed E-state index contributed by atoms with van der Waals surface area (Å²) in [4.78, 5) is 46.1. The second kappa shape index (κ2) is 4.84. The van der Waals surface area contributed by atoms with Crippen LogP contribution in [0.1, 0.15) is 12.6 Å². The molecule has 0 saturated heterocycles. The van der Waals surface area contributed by atoms with Crippen molar-refractivity contribution in [3.8, 4) is 0 Å². The standard InChI is InChI=1S/C11H10N4O4/c1-5(16)7(19-2)3-6-4-12-9-8(13-6)10(17)15-11(18)14-9/h3-4H,1-2H3,(H2,12,14,15,17,18)/b7-3-. The molecule has 98 valence electrons. The highest BCUT2D eigenvalue weighted by atomic mass is 16.5. The van der Waals surface area contributed by atoms with Gasteiger partial charge in [0.05, 0.1) is 19.0 Å². The molecule has 0 fully saturated rings. The van der Waals surface area contributed by atoms with Gasteiger partial charge in [-0.1, -0.05) is 0 Å². The van der Waals surface area contributed by atoms with E-state index >= 15 is 0 Å². The van der Waals surface area contributed by atoms with Gasteiger partial charge in [0, 0.05) is 13.0 Å². The third kappa shape index (κ3) is 2.57. The number of hydrogen-bond donors (Lipinski definition) is 2. The fourth-order valence-corrected chi connectivity index (χ4v) is 1.46. The summed E-state index contributed by atoms with van der Waals surface area (Å²) in [5.74, 6) is -0.186. The number of H-pyrrole nitrogens is 2. The molecule has 0 aliphatic rings. The summed E-state index contributed by atoms with van der Waals surface area (Å²) in [6, 6.07) is 0. The van der Waals surface area contributed by atoms with Gasteiger partial charge in [-0.05, 0) is 0 Å². The minimum atomic E-state index is -0.656. The van der Waals surface area contributed by atoms with Crippen LogP contribution in [0.2, 0.25) is 0 Å². The lowest BCUT2D eigenvalue weighted by Gasteiger charge is -2.01. The Morgan fingerprint density at radius 1 is 1.37 bits per heavy atom. The number of carbonyl (C=O) groups excluding carboxylic acids is 1. The molecule has 0 radical (unpaired) electrons. The van der Waals surface area contributed by atoms with Crippen LogP contribution >= 0.6 is 0 Å². The number of ketones is 1. The highest BCUT2D eigenvalue weighted by Crippen LogP contribution is 2.07. The van der Waals surface area contributed by atoms with E-state index in [0.717, 1.165) is 0 Å². The van der Waals surface area contributed by atoms with E-state index in [0.29, 0.717) is 0 Å². The number of nitrogens with zero attached hydrogens (tertiary/aromatic N) is 2. The number of nitrogens with one attached hydrogen (secondary N) is 2. The molecule has 2 rings (SSSR count). The van der Waals surface area contributed by atoms with Gasteiger partial charge in [0.25, 0.3) is 5.56 Å². The number of Topliss-reactive ketones (excluding diaryl/α,β-unsaturated/α-hetero) is 1. The van der Waals surface area contributed by atoms with Gasteiger partial charge in [0.1, 0.15) is 0 Å². The van der Waals surface area contributed by atoms with E-state index in [1.54, 1.807) is 0 Å². The molecule has 2 N–H and O–H groups in total. The summed E-state index contributed by atoms with van der Waals surface area (Å²) < 4.78 is 4.88. The summed E-state index contributed by atoms with van der Waals surface area (Å²) in [5.41, 5.74) is -0.975. The van der Waals surface area contributed by atoms with Crippen LogP contribution in [-0.2, 0) is 9.53 Å². The molecule has 2 aromatic rings.